The van der Waals surface area contributed by atoms with E-state index in [0.717, 1.165) is 12.8 Å². The molecule has 1 aromatic carbocycles. The van der Waals surface area contributed by atoms with Crippen molar-refractivity contribution in [3.05, 3.63) is 24.0 Å². The Balaban J connectivity index is 2.84. The highest BCUT2D eigenvalue weighted by molar-refractivity contribution is 5.75. The molecule has 3 nitrogen and oxygen atoms in total. The van der Waals surface area contributed by atoms with Crippen LogP contribution in [0.3, 0.4) is 0 Å². The molecule has 0 spiro atoms. The van der Waals surface area contributed by atoms with Gasteiger partial charge in [-0.15, -0.1) is 0 Å². The first-order valence-corrected chi connectivity index (χ1v) is 5.67. The molecule has 17 heavy (non-hydrogen) atoms. The van der Waals surface area contributed by atoms with Crippen LogP contribution in [0.15, 0.2) is 18.2 Å². The molecule has 4 heteroatoms. The third-order valence-corrected chi connectivity index (χ3v) is 2.66. The summed E-state index contributed by atoms with van der Waals surface area (Å²) in [7, 11) is 1.41. The van der Waals surface area contributed by atoms with Crippen molar-refractivity contribution in [2.45, 2.75) is 26.7 Å². The molecular formula is C13H17FO3. The number of ether oxygens (including phenoxy) is 2. The third-order valence-electron chi connectivity index (χ3n) is 2.66. The fraction of sp³-hybridized carbons (Fsp3) is 0.462. The molecule has 0 radical (unpaired) electrons. The minimum Gasteiger partial charge on any atom is -0.493 e. The molecule has 1 aromatic rings. The van der Waals surface area contributed by atoms with E-state index in [-0.39, 0.29) is 23.4 Å². The Morgan fingerprint density at radius 2 is 1.94 bits per heavy atom. The van der Waals surface area contributed by atoms with Gasteiger partial charge in [-0.2, -0.15) is 0 Å². The van der Waals surface area contributed by atoms with Gasteiger partial charge in [0.15, 0.2) is 11.5 Å². The molecule has 0 saturated heterocycles. The van der Waals surface area contributed by atoms with Crippen LogP contribution in [0.25, 0.3) is 0 Å². The number of methoxy groups -OCH3 is 1. The fourth-order valence-corrected chi connectivity index (χ4v) is 1.54. The number of halogens is 1. The number of hydrogen-bond acceptors (Lipinski definition) is 3. The molecule has 0 amide bonds. The van der Waals surface area contributed by atoms with Crippen molar-refractivity contribution >= 4 is 5.97 Å². The molecular weight excluding hydrogens is 223 g/mol. The van der Waals surface area contributed by atoms with Gasteiger partial charge < -0.3 is 9.47 Å². The predicted octanol–water partition coefficient (Wildman–Crippen LogP) is 3.18. The summed E-state index contributed by atoms with van der Waals surface area (Å²) in [4.78, 5) is 11.8. The van der Waals surface area contributed by atoms with E-state index in [1.807, 2.05) is 13.8 Å². The van der Waals surface area contributed by atoms with Crippen LogP contribution in [-0.4, -0.2) is 13.1 Å². The lowest BCUT2D eigenvalue weighted by molar-refractivity contribution is -0.139. The Hall–Kier alpha value is -1.58. The molecule has 0 saturated carbocycles. The van der Waals surface area contributed by atoms with E-state index in [2.05, 4.69) is 0 Å². The summed E-state index contributed by atoms with van der Waals surface area (Å²) in [6, 6.07) is 3.82. The molecule has 0 aliphatic rings. The number of carbonyl (C=O) groups excluding carboxylic acids is 1. The van der Waals surface area contributed by atoms with Gasteiger partial charge in [-0.25, -0.2) is 4.39 Å². The topological polar surface area (TPSA) is 35.5 Å². The highest BCUT2D eigenvalue weighted by Gasteiger charge is 2.18. The zero-order chi connectivity index (χ0) is 12.8. The summed E-state index contributed by atoms with van der Waals surface area (Å²) in [5.74, 6) is -0.385. The van der Waals surface area contributed by atoms with Gasteiger partial charge in [0.25, 0.3) is 0 Å². The van der Waals surface area contributed by atoms with Gasteiger partial charge in [-0.1, -0.05) is 13.8 Å². The van der Waals surface area contributed by atoms with Crippen molar-refractivity contribution in [2.75, 3.05) is 7.11 Å². The van der Waals surface area contributed by atoms with Crippen molar-refractivity contribution in [3.63, 3.8) is 0 Å². The third kappa shape index (κ3) is 3.44. The highest BCUT2D eigenvalue weighted by atomic mass is 19.1. The molecule has 0 aliphatic heterocycles. The smallest absolute Gasteiger partial charge is 0.314 e. The maximum absolute atomic E-state index is 12.9. The molecule has 0 N–H and O–H groups in total. The van der Waals surface area contributed by atoms with Crippen LogP contribution in [0, 0.1) is 11.7 Å². The number of benzene rings is 1. The van der Waals surface area contributed by atoms with Crippen molar-refractivity contribution in [2.24, 2.45) is 5.92 Å². The normalized spacial score (nSPS) is 10.4. The maximum atomic E-state index is 12.9. The van der Waals surface area contributed by atoms with E-state index in [1.54, 1.807) is 0 Å². The van der Waals surface area contributed by atoms with Crippen LogP contribution >= 0.6 is 0 Å². The number of esters is 1. The summed E-state index contributed by atoms with van der Waals surface area (Å²) in [5.41, 5.74) is 0. The Morgan fingerprint density at radius 1 is 1.29 bits per heavy atom. The van der Waals surface area contributed by atoms with Crippen LogP contribution in [0.5, 0.6) is 11.5 Å². The maximum Gasteiger partial charge on any atom is 0.314 e. The molecule has 0 atom stereocenters. The molecule has 0 fully saturated rings. The number of rotatable bonds is 5. The van der Waals surface area contributed by atoms with E-state index >= 15 is 0 Å². The highest BCUT2D eigenvalue weighted by Crippen LogP contribution is 2.28. The second-order valence-corrected chi connectivity index (χ2v) is 3.73. The summed E-state index contributed by atoms with van der Waals surface area (Å²) in [6.45, 7) is 3.86. The molecule has 0 unspecified atom stereocenters. The molecule has 0 heterocycles. The monoisotopic (exact) mass is 240 g/mol. The fourth-order valence-electron chi connectivity index (χ4n) is 1.54. The van der Waals surface area contributed by atoms with E-state index in [0.29, 0.717) is 0 Å². The van der Waals surface area contributed by atoms with Crippen LogP contribution < -0.4 is 9.47 Å². The van der Waals surface area contributed by atoms with Crippen molar-refractivity contribution in [3.8, 4) is 11.5 Å². The molecule has 0 bridgehead atoms. The van der Waals surface area contributed by atoms with E-state index in [9.17, 15) is 9.18 Å². The first-order valence-electron chi connectivity index (χ1n) is 5.67. The average molecular weight is 240 g/mol. The largest absolute Gasteiger partial charge is 0.493 e. The van der Waals surface area contributed by atoms with Gasteiger partial charge in [-0.3, -0.25) is 4.79 Å². The summed E-state index contributed by atoms with van der Waals surface area (Å²) < 4.78 is 23.1. The molecule has 1 rings (SSSR count). The average Bonchev–Trinajstić information content (AvgIpc) is 2.33. The SMILES string of the molecule is CCC(CC)C(=O)Oc1ccc(F)cc1OC. The lowest BCUT2D eigenvalue weighted by Crippen LogP contribution is -2.19. The second kappa shape index (κ2) is 6.23. The minimum absolute atomic E-state index is 0.134. The van der Waals surface area contributed by atoms with Crippen molar-refractivity contribution in [1.82, 2.24) is 0 Å². The van der Waals surface area contributed by atoms with Crippen molar-refractivity contribution < 1.29 is 18.7 Å². The summed E-state index contributed by atoms with van der Waals surface area (Å²) >= 11 is 0. The zero-order valence-electron chi connectivity index (χ0n) is 10.3. The minimum atomic E-state index is -0.427. The van der Waals surface area contributed by atoms with Crippen LogP contribution in [0.2, 0.25) is 0 Å². The van der Waals surface area contributed by atoms with Crippen LogP contribution in [-0.2, 0) is 4.79 Å². The first kappa shape index (κ1) is 13.5. The van der Waals surface area contributed by atoms with E-state index < -0.39 is 5.82 Å². The Kier molecular flexibility index (Phi) is 4.94. The molecule has 0 aliphatic carbocycles. The zero-order valence-corrected chi connectivity index (χ0v) is 10.3. The number of carbonyl (C=O) groups is 1. The predicted molar refractivity (Wildman–Crippen MR) is 62.7 cm³/mol. The van der Waals surface area contributed by atoms with E-state index in [1.165, 1.54) is 25.3 Å². The number of hydrogen-bond donors (Lipinski definition) is 0. The second-order valence-electron chi connectivity index (χ2n) is 3.73. The van der Waals surface area contributed by atoms with Gasteiger partial charge in [0.2, 0.25) is 0 Å². The lowest BCUT2D eigenvalue weighted by Gasteiger charge is -2.13. The van der Waals surface area contributed by atoms with Gasteiger partial charge in [0.1, 0.15) is 5.82 Å². The first-order chi connectivity index (χ1) is 8.12. The van der Waals surface area contributed by atoms with Gasteiger partial charge in [0, 0.05) is 6.07 Å². The standard InChI is InChI=1S/C13H17FO3/c1-4-9(5-2)13(15)17-11-7-6-10(14)8-12(11)16-3/h6-9H,4-5H2,1-3H3. The molecule has 94 valence electrons. The van der Waals surface area contributed by atoms with Crippen LogP contribution in [0.4, 0.5) is 4.39 Å². The summed E-state index contributed by atoms with van der Waals surface area (Å²) in [6.07, 6.45) is 1.44. The Morgan fingerprint density at radius 3 is 2.47 bits per heavy atom. The molecule has 0 aromatic heterocycles. The Bertz CT molecular complexity index is 386. The Labute approximate surface area is 101 Å². The van der Waals surface area contributed by atoms with Gasteiger partial charge in [-0.05, 0) is 25.0 Å². The lowest BCUT2D eigenvalue weighted by atomic mass is 10.0. The van der Waals surface area contributed by atoms with Gasteiger partial charge >= 0.3 is 5.97 Å². The van der Waals surface area contributed by atoms with Crippen molar-refractivity contribution in [1.29, 1.82) is 0 Å². The van der Waals surface area contributed by atoms with Crippen LogP contribution in [0.1, 0.15) is 26.7 Å². The van der Waals surface area contributed by atoms with E-state index in [4.69, 9.17) is 9.47 Å². The van der Waals surface area contributed by atoms with Gasteiger partial charge in [0.05, 0.1) is 13.0 Å². The summed E-state index contributed by atoms with van der Waals surface area (Å²) in [5, 5.41) is 0. The quantitative estimate of drug-likeness (QED) is 0.585.